The van der Waals surface area contributed by atoms with Gasteiger partial charge in [-0.25, -0.2) is 4.79 Å². The summed E-state index contributed by atoms with van der Waals surface area (Å²) in [6.07, 6.45) is 1.75. The van der Waals surface area contributed by atoms with Crippen LogP contribution >= 0.6 is 0 Å². The molecule has 160 valence electrons. The van der Waals surface area contributed by atoms with Crippen LogP contribution in [0.3, 0.4) is 0 Å². The zero-order valence-corrected chi connectivity index (χ0v) is 18.7. The standard InChI is InChI=1S/C27H25N3O2/c1-18-9-14-25-23(15-18)26(16-19(2)29-25)32-27(31)22-7-5-6-8-24(22)28-17-20-10-12-21(13-11-20)30(3)4/h5-17H,1-4H3. The molecule has 0 saturated heterocycles. The van der Waals surface area contributed by atoms with Crippen molar-refractivity contribution in [2.45, 2.75) is 13.8 Å². The van der Waals surface area contributed by atoms with Crippen molar-refractivity contribution in [3.8, 4) is 5.75 Å². The Balaban J connectivity index is 1.62. The predicted molar refractivity (Wildman–Crippen MR) is 131 cm³/mol. The van der Waals surface area contributed by atoms with Crippen molar-refractivity contribution in [1.29, 1.82) is 0 Å². The summed E-state index contributed by atoms with van der Waals surface area (Å²) in [5, 5.41) is 0.811. The molecule has 0 bridgehead atoms. The Morgan fingerprint density at radius 3 is 2.47 bits per heavy atom. The molecule has 0 unspecified atom stereocenters. The maximum absolute atomic E-state index is 13.1. The van der Waals surface area contributed by atoms with E-state index in [4.69, 9.17) is 4.74 Å². The van der Waals surface area contributed by atoms with Crippen molar-refractivity contribution in [2.75, 3.05) is 19.0 Å². The van der Waals surface area contributed by atoms with Crippen LogP contribution in [0.15, 0.2) is 77.8 Å². The van der Waals surface area contributed by atoms with Gasteiger partial charge in [0, 0.05) is 43.1 Å². The van der Waals surface area contributed by atoms with E-state index < -0.39 is 5.97 Å². The molecule has 1 aromatic heterocycles. The van der Waals surface area contributed by atoms with Crippen LogP contribution in [-0.4, -0.2) is 31.3 Å². The summed E-state index contributed by atoms with van der Waals surface area (Å²) >= 11 is 0. The molecule has 0 aliphatic rings. The van der Waals surface area contributed by atoms with Gasteiger partial charge in [-0.2, -0.15) is 0 Å². The number of hydrogen-bond donors (Lipinski definition) is 0. The van der Waals surface area contributed by atoms with E-state index in [1.165, 1.54) is 0 Å². The SMILES string of the molecule is Cc1ccc2nc(C)cc(OC(=O)c3ccccc3N=Cc3ccc(N(C)C)cc3)c2c1. The fourth-order valence-electron chi connectivity index (χ4n) is 3.44. The highest BCUT2D eigenvalue weighted by molar-refractivity contribution is 5.99. The van der Waals surface area contributed by atoms with Gasteiger partial charge in [-0.05, 0) is 55.8 Å². The molecular weight excluding hydrogens is 398 g/mol. The highest BCUT2D eigenvalue weighted by Gasteiger charge is 2.15. The lowest BCUT2D eigenvalue weighted by Crippen LogP contribution is -2.09. The average molecular weight is 424 g/mol. The van der Waals surface area contributed by atoms with Gasteiger partial charge in [0.15, 0.2) is 0 Å². The maximum atomic E-state index is 13.1. The number of esters is 1. The number of hydrogen-bond acceptors (Lipinski definition) is 5. The second-order valence-electron chi connectivity index (χ2n) is 7.93. The molecule has 0 atom stereocenters. The van der Waals surface area contributed by atoms with Crippen LogP contribution in [0.25, 0.3) is 10.9 Å². The smallest absolute Gasteiger partial charge is 0.345 e. The van der Waals surface area contributed by atoms with Crippen molar-refractivity contribution in [2.24, 2.45) is 4.99 Å². The fraction of sp³-hybridized carbons (Fsp3) is 0.148. The summed E-state index contributed by atoms with van der Waals surface area (Å²) in [5.74, 6) is 0.0494. The Bertz CT molecular complexity index is 1310. The number of carbonyl (C=O) groups excluding carboxylic acids is 1. The number of fused-ring (bicyclic) bond motifs is 1. The third-order valence-corrected chi connectivity index (χ3v) is 5.14. The molecule has 5 heteroatoms. The Morgan fingerprint density at radius 2 is 1.72 bits per heavy atom. The minimum absolute atomic E-state index is 0.406. The van der Waals surface area contributed by atoms with E-state index in [0.717, 1.165) is 33.4 Å². The first-order valence-electron chi connectivity index (χ1n) is 10.4. The number of anilines is 1. The molecule has 32 heavy (non-hydrogen) atoms. The van der Waals surface area contributed by atoms with Crippen LogP contribution in [0.5, 0.6) is 5.75 Å². The lowest BCUT2D eigenvalue weighted by molar-refractivity contribution is 0.0738. The van der Waals surface area contributed by atoms with Crippen molar-refractivity contribution in [3.05, 3.63) is 95.2 Å². The number of carbonyl (C=O) groups is 1. The maximum Gasteiger partial charge on any atom is 0.345 e. The zero-order valence-electron chi connectivity index (χ0n) is 18.7. The first-order valence-corrected chi connectivity index (χ1v) is 10.4. The number of ether oxygens (including phenoxy) is 1. The van der Waals surface area contributed by atoms with E-state index in [-0.39, 0.29) is 0 Å². The highest BCUT2D eigenvalue weighted by atomic mass is 16.5. The number of nitrogens with zero attached hydrogens (tertiary/aromatic N) is 3. The van der Waals surface area contributed by atoms with Gasteiger partial charge in [-0.15, -0.1) is 0 Å². The minimum Gasteiger partial charge on any atom is -0.422 e. The molecule has 4 rings (SSSR count). The largest absolute Gasteiger partial charge is 0.422 e. The molecule has 0 fully saturated rings. The van der Waals surface area contributed by atoms with E-state index in [2.05, 4.69) is 9.98 Å². The van der Waals surface area contributed by atoms with Gasteiger partial charge in [0.1, 0.15) is 5.75 Å². The Hall–Kier alpha value is -3.99. The second-order valence-corrected chi connectivity index (χ2v) is 7.93. The van der Waals surface area contributed by atoms with E-state index in [1.54, 1.807) is 24.4 Å². The number of aryl methyl sites for hydroxylation is 2. The monoisotopic (exact) mass is 423 g/mol. The molecule has 5 nitrogen and oxygen atoms in total. The van der Waals surface area contributed by atoms with Crippen LogP contribution in [0, 0.1) is 13.8 Å². The summed E-state index contributed by atoms with van der Waals surface area (Å²) in [5.41, 5.74) is 5.68. The first kappa shape index (κ1) is 21.2. The topological polar surface area (TPSA) is 54.8 Å². The molecule has 4 aromatic rings. The van der Waals surface area contributed by atoms with Crippen LogP contribution in [-0.2, 0) is 0 Å². The lowest BCUT2D eigenvalue weighted by atomic mass is 10.1. The van der Waals surface area contributed by atoms with Crippen LogP contribution in [0.1, 0.15) is 27.2 Å². The van der Waals surface area contributed by atoms with E-state index in [9.17, 15) is 4.79 Å². The average Bonchev–Trinajstić information content (AvgIpc) is 2.78. The summed E-state index contributed by atoms with van der Waals surface area (Å²) in [6.45, 7) is 3.89. The Labute approximate surface area is 188 Å². The number of rotatable bonds is 5. The molecule has 3 aromatic carbocycles. The summed E-state index contributed by atoms with van der Waals surface area (Å²) in [4.78, 5) is 24.2. The molecule has 0 spiro atoms. The lowest BCUT2D eigenvalue weighted by Gasteiger charge is -2.12. The van der Waals surface area contributed by atoms with Gasteiger partial charge in [0.25, 0.3) is 0 Å². The van der Waals surface area contributed by atoms with Crippen LogP contribution in [0.4, 0.5) is 11.4 Å². The van der Waals surface area contributed by atoms with Crippen molar-refractivity contribution < 1.29 is 9.53 Å². The van der Waals surface area contributed by atoms with E-state index in [1.807, 2.05) is 87.4 Å². The number of para-hydroxylation sites is 1. The van der Waals surface area contributed by atoms with Gasteiger partial charge < -0.3 is 9.64 Å². The molecule has 0 saturated carbocycles. The second kappa shape index (κ2) is 9.02. The molecule has 0 N–H and O–H groups in total. The van der Waals surface area contributed by atoms with Gasteiger partial charge in [-0.3, -0.25) is 9.98 Å². The molecule has 0 aliphatic heterocycles. The van der Waals surface area contributed by atoms with Crippen LogP contribution < -0.4 is 9.64 Å². The zero-order chi connectivity index (χ0) is 22.7. The molecule has 0 amide bonds. The molecular formula is C27H25N3O2. The van der Waals surface area contributed by atoms with Crippen molar-refractivity contribution in [1.82, 2.24) is 4.98 Å². The summed E-state index contributed by atoms with van der Waals surface area (Å²) in [7, 11) is 4.00. The molecule has 0 aliphatic carbocycles. The van der Waals surface area contributed by atoms with Crippen LogP contribution in [0.2, 0.25) is 0 Å². The third-order valence-electron chi connectivity index (χ3n) is 5.14. The highest BCUT2D eigenvalue weighted by Crippen LogP contribution is 2.28. The van der Waals surface area contributed by atoms with Crippen molar-refractivity contribution in [3.63, 3.8) is 0 Å². The Morgan fingerprint density at radius 1 is 0.969 bits per heavy atom. The minimum atomic E-state index is -0.450. The van der Waals surface area contributed by atoms with Gasteiger partial charge in [-0.1, -0.05) is 35.9 Å². The van der Waals surface area contributed by atoms with E-state index >= 15 is 0 Å². The van der Waals surface area contributed by atoms with Crippen molar-refractivity contribution >= 4 is 34.5 Å². The van der Waals surface area contributed by atoms with Gasteiger partial charge in [0.05, 0.1) is 16.8 Å². The summed E-state index contributed by atoms with van der Waals surface area (Å²) in [6, 6.07) is 22.9. The molecule has 0 radical (unpaired) electrons. The number of aliphatic imine (C=N–C) groups is 1. The third kappa shape index (κ3) is 4.67. The van der Waals surface area contributed by atoms with Gasteiger partial charge >= 0.3 is 5.97 Å². The normalized spacial score (nSPS) is 11.1. The predicted octanol–water partition coefficient (Wildman–Crippen LogP) is 5.89. The van der Waals surface area contributed by atoms with Gasteiger partial charge in [0.2, 0.25) is 0 Å². The first-order chi connectivity index (χ1) is 15.4. The quantitative estimate of drug-likeness (QED) is 0.297. The summed E-state index contributed by atoms with van der Waals surface area (Å²) < 4.78 is 5.83. The molecule has 1 heterocycles. The van der Waals surface area contributed by atoms with E-state index in [0.29, 0.717) is 17.0 Å². The fourth-order valence-corrected chi connectivity index (χ4v) is 3.44. The Kier molecular flexibility index (Phi) is 5.99. The number of aromatic nitrogens is 1. The number of pyridine rings is 1. The number of benzene rings is 3.